The predicted octanol–water partition coefficient (Wildman–Crippen LogP) is 2.69. The summed E-state index contributed by atoms with van der Waals surface area (Å²) < 4.78 is 13.1. The normalized spacial score (nSPS) is 15.2. The number of pyridine rings is 1. The van der Waals surface area contributed by atoms with Crippen LogP contribution in [0.3, 0.4) is 0 Å². The molecule has 0 atom stereocenters. The molecule has 2 heterocycles. The summed E-state index contributed by atoms with van der Waals surface area (Å²) in [7, 11) is 0. The monoisotopic (exact) mass is 348 g/mol. The van der Waals surface area contributed by atoms with Crippen LogP contribution >= 0.6 is 11.6 Å². The Hall–Kier alpha value is -2.34. The number of hydrogen-bond acceptors (Lipinski definition) is 4. The van der Waals surface area contributed by atoms with Crippen molar-refractivity contribution in [2.24, 2.45) is 5.73 Å². The Labute approximate surface area is 144 Å². The summed E-state index contributed by atoms with van der Waals surface area (Å²) in [5.74, 6) is -0.127. The maximum Gasteiger partial charge on any atom is 0.250 e. The van der Waals surface area contributed by atoms with Crippen LogP contribution in [0.5, 0.6) is 0 Å². The number of benzene rings is 1. The molecule has 3 rings (SSSR count). The number of rotatable bonds is 3. The zero-order valence-electron chi connectivity index (χ0n) is 13.1. The van der Waals surface area contributed by atoms with Gasteiger partial charge in [0, 0.05) is 38.1 Å². The molecule has 7 heteroatoms. The van der Waals surface area contributed by atoms with Crippen LogP contribution < -0.4 is 15.5 Å². The zero-order chi connectivity index (χ0) is 17.1. The first-order valence-electron chi connectivity index (χ1n) is 7.75. The van der Waals surface area contributed by atoms with E-state index in [9.17, 15) is 9.18 Å². The highest BCUT2D eigenvalue weighted by molar-refractivity contribution is 6.33. The molecular weight excluding hydrogens is 331 g/mol. The number of halogens is 2. The van der Waals surface area contributed by atoms with E-state index in [0.717, 1.165) is 38.3 Å². The smallest absolute Gasteiger partial charge is 0.250 e. The number of carbonyl (C=O) groups excluding carboxylic acids is 1. The first-order valence-corrected chi connectivity index (χ1v) is 8.13. The fourth-order valence-electron chi connectivity index (χ4n) is 2.84. The van der Waals surface area contributed by atoms with Crippen LogP contribution in [-0.4, -0.2) is 37.1 Å². The molecule has 1 aromatic carbocycles. The first-order chi connectivity index (χ1) is 11.5. The molecule has 0 unspecified atom stereocenters. The van der Waals surface area contributed by atoms with E-state index < -0.39 is 5.91 Å². The molecular formula is C17H18ClFN4O. The molecule has 2 N–H and O–H groups in total. The fourth-order valence-corrected chi connectivity index (χ4v) is 3.12. The molecule has 0 spiro atoms. The van der Waals surface area contributed by atoms with Crippen molar-refractivity contribution < 1.29 is 9.18 Å². The molecule has 24 heavy (non-hydrogen) atoms. The van der Waals surface area contributed by atoms with E-state index in [1.165, 1.54) is 18.3 Å². The molecule has 1 saturated heterocycles. The third kappa shape index (κ3) is 3.59. The number of carbonyl (C=O) groups is 1. The summed E-state index contributed by atoms with van der Waals surface area (Å²) >= 11 is 6.26. The van der Waals surface area contributed by atoms with Crippen LogP contribution in [0.25, 0.3) is 0 Å². The van der Waals surface area contributed by atoms with Gasteiger partial charge in [0.25, 0.3) is 0 Å². The second kappa shape index (κ2) is 7.05. The minimum absolute atomic E-state index is 0.235. The molecule has 0 radical (unpaired) electrons. The molecule has 1 fully saturated rings. The maximum absolute atomic E-state index is 13.1. The third-order valence-electron chi connectivity index (χ3n) is 4.09. The summed E-state index contributed by atoms with van der Waals surface area (Å²) in [6.45, 7) is 3.20. The van der Waals surface area contributed by atoms with Gasteiger partial charge >= 0.3 is 0 Å². The highest BCUT2D eigenvalue weighted by atomic mass is 35.5. The van der Waals surface area contributed by atoms with E-state index in [1.54, 1.807) is 18.2 Å². The average molecular weight is 349 g/mol. The lowest BCUT2D eigenvalue weighted by molar-refractivity contribution is 0.1000. The number of primary amides is 1. The number of nitrogens with zero attached hydrogens (tertiary/aromatic N) is 3. The van der Waals surface area contributed by atoms with Crippen molar-refractivity contribution in [2.45, 2.75) is 6.42 Å². The van der Waals surface area contributed by atoms with Gasteiger partial charge in [-0.2, -0.15) is 0 Å². The predicted molar refractivity (Wildman–Crippen MR) is 93.2 cm³/mol. The van der Waals surface area contributed by atoms with Crippen LogP contribution in [0.2, 0.25) is 5.02 Å². The van der Waals surface area contributed by atoms with Crippen LogP contribution in [-0.2, 0) is 0 Å². The van der Waals surface area contributed by atoms with E-state index >= 15 is 0 Å². The molecule has 5 nitrogen and oxygen atoms in total. The van der Waals surface area contributed by atoms with E-state index in [-0.39, 0.29) is 5.82 Å². The Morgan fingerprint density at radius 1 is 1.12 bits per heavy atom. The Balaban J connectivity index is 1.73. The molecule has 2 aromatic rings. The van der Waals surface area contributed by atoms with Crippen molar-refractivity contribution in [3.63, 3.8) is 0 Å². The van der Waals surface area contributed by atoms with Crippen molar-refractivity contribution in [3.05, 3.63) is 52.9 Å². The summed E-state index contributed by atoms with van der Waals surface area (Å²) in [6.07, 6.45) is 2.37. The van der Waals surface area contributed by atoms with E-state index in [2.05, 4.69) is 14.8 Å². The molecule has 1 aromatic heterocycles. The summed E-state index contributed by atoms with van der Waals surface area (Å²) in [5.41, 5.74) is 6.54. The van der Waals surface area contributed by atoms with Crippen molar-refractivity contribution in [2.75, 3.05) is 36.0 Å². The van der Waals surface area contributed by atoms with Crippen molar-refractivity contribution in [1.82, 2.24) is 4.98 Å². The molecule has 1 aliphatic heterocycles. The number of hydrogen-bond donors (Lipinski definition) is 1. The highest BCUT2D eigenvalue weighted by Crippen LogP contribution is 2.26. The molecule has 0 saturated carbocycles. The van der Waals surface area contributed by atoms with Gasteiger partial charge in [-0.25, -0.2) is 9.37 Å². The standard InChI is InChI=1S/C17H18ClFN4O/c18-15-10-12(16(20)24)11-21-17(15)23-7-1-6-22(8-9-23)14-4-2-13(19)3-5-14/h2-5,10-11H,1,6-9H2,(H2,20,24). The van der Waals surface area contributed by atoms with Crippen LogP contribution in [0.1, 0.15) is 16.8 Å². The second-order valence-electron chi connectivity index (χ2n) is 5.70. The Morgan fingerprint density at radius 3 is 2.46 bits per heavy atom. The lowest BCUT2D eigenvalue weighted by atomic mass is 10.2. The average Bonchev–Trinajstić information content (AvgIpc) is 2.81. The second-order valence-corrected chi connectivity index (χ2v) is 6.10. The topological polar surface area (TPSA) is 62.5 Å². The van der Waals surface area contributed by atoms with Gasteiger partial charge in [0.1, 0.15) is 11.6 Å². The number of nitrogens with two attached hydrogens (primary N) is 1. The number of anilines is 2. The van der Waals surface area contributed by atoms with Crippen LogP contribution in [0, 0.1) is 5.82 Å². The first kappa shape index (κ1) is 16.5. The zero-order valence-corrected chi connectivity index (χ0v) is 13.8. The van der Waals surface area contributed by atoms with Crippen molar-refractivity contribution >= 4 is 29.0 Å². The molecule has 1 aliphatic rings. The fraction of sp³-hybridized carbons (Fsp3) is 0.294. The summed E-state index contributed by atoms with van der Waals surface area (Å²) in [6, 6.07) is 8.07. The molecule has 126 valence electrons. The lowest BCUT2D eigenvalue weighted by Gasteiger charge is -2.24. The van der Waals surface area contributed by atoms with Crippen LogP contribution in [0.4, 0.5) is 15.9 Å². The van der Waals surface area contributed by atoms with Gasteiger partial charge in [-0.15, -0.1) is 0 Å². The maximum atomic E-state index is 13.1. The summed E-state index contributed by atoms with van der Waals surface area (Å²) in [4.78, 5) is 19.8. The van der Waals surface area contributed by atoms with Gasteiger partial charge in [0.05, 0.1) is 10.6 Å². The van der Waals surface area contributed by atoms with Crippen molar-refractivity contribution in [1.29, 1.82) is 0 Å². The minimum atomic E-state index is -0.547. The van der Waals surface area contributed by atoms with E-state index in [1.807, 2.05) is 0 Å². The van der Waals surface area contributed by atoms with E-state index in [0.29, 0.717) is 16.4 Å². The van der Waals surface area contributed by atoms with Crippen molar-refractivity contribution in [3.8, 4) is 0 Å². The molecule has 1 amide bonds. The van der Waals surface area contributed by atoms with Gasteiger partial charge in [0.2, 0.25) is 5.91 Å². The van der Waals surface area contributed by atoms with Gasteiger partial charge < -0.3 is 15.5 Å². The third-order valence-corrected chi connectivity index (χ3v) is 4.37. The lowest BCUT2D eigenvalue weighted by Crippen LogP contribution is -2.31. The van der Waals surface area contributed by atoms with Gasteiger partial charge in [0.15, 0.2) is 0 Å². The number of amides is 1. The molecule has 0 aliphatic carbocycles. The SMILES string of the molecule is NC(=O)c1cnc(N2CCCN(c3ccc(F)cc3)CC2)c(Cl)c1. The quantitative estimate of drug-likeness (QED) is 0.926. The van der Waals surface area contributed by atoms with E-state index in [4.69, 9.17) is 17.3 Å². The Bertz CT molecular complexity index is 738. The van der Waals surface area contributed by atoms with Gasteiger partial charge in [-0.05, 0) is 36.8 Å². The minimum Gasteiger partial charge on any atom is -0.370 e. The number of aromatic nitrogens is 1. The Morgan fingerprint density at radius 2 is 1.79 bits per heavy atom. The Kier molecular flexibility index (Phi) is 4.85. The largest absolute Gasteiger partial charge is 0.370 e. The van der Waals surface area contributed by atoms with Crippen LogP contribution in [0.15, 0.2) is 36.5 Å². The molecule has 0 bridgehead atoms. The summed E-state index contributed by atoms with van der Waals surface area (Å²) in [5, 5.41) is 0.418. The van der Waals surface area contributed by atoms with Gasteiger partial charge in [-0.1, -0.05) is 11.6 Å². The highest BCUT2D eigenvalue weighted by Gasteiger charge is 2.19. The van der Waals surface area contributed by atoms with Gasteiger partial charge in [-0.3, -0.25) is 4.79 Å².